The Morgan fingerprint density at radius 2 is 1.92 bits per heavy atom. The van der Waals surface area contributed by atoms with E-state index < -0.39 is 0 Å². The van der Waals surface area contributed by atoms with Crippen LogP contribution in [-0.4, -0.2) is 43.4 Å². The van der Waals surface area contributed by atoms with Crippen LogP contribution in [0.15, 0.2) is 36.7 Å². The zero-order valence-corrected chi connectivity index (χ0v) is 14.7. The quantitative estimate of drug-likeness (QED) is 0.738. The predicted molar refractivity (Wildman–Crippen MR) is 95.5 cm³/mol. The highest BCUT2D eigenvalue weighted by Gasteiger charge is 2.35. The van der Waals surface area contributed by atoms with Crippen LogP contribution >= 0.6 is 0 Å². The number of imidazole rings is 1. The van der Waals surface area contributed by atoms with Gasteiger partial charge in [0.2, 0.25) is 0 Å². The van der Waals surface area contributed by atoms with Crippen LogP contribution < -0.4 is 0 Å². The highest BCUT2D eigenvalue weighted by molar-refractivity contribution is 5.92. The Hall–Kier alpha value is -2.76. The monoisotopic (exact) mass is 335 g/mol. The fourth-order valence-electron chi connectivity index (χ4n) is 3.30. The molecule has 0 unspecified atom stereocenters. The number of benzene rings is 1. The summed E-state index contributed by atoms with van der Waals surface area (Å²) in [6.07, 6.45) is 3.18. The molecule has 128 valence electrons. The number of nitrogens with zero attached hydrogens (tertiary/aromatic N) is 5. The summed E-state index contributed by atoms with van der Waals surface area (Å²) in [5, 5.41) is 0. The van der Waals surface area contributed by atoms with E-state index in [-0.39, 0.29) is 11.9 Å². The van der Waals surface area contributed by atoms with Crippen LogP contribution in [0.4, 0.5) is 0 Å². The number of carbonyl (C=O) groups is 1. The second kappa shape index (κ2) is 5.95. The molecule has 1 amide bonds. The molecule has 0 saturated carbocycles. The molecule has 0 N–H and O–H groups in total. The number of carbonyl (C=O) groups excluding carboxylic acids is 1. The van der Waals surface area contributed by atoms with Crippen molar-refractivity contribution in [3.63, 3.8) is 0 Å². The van der Waals surface area contributed by atoms with Gasteiger partial charge < -0.3 is 9.47 Å². The van der Waals surface area contributed by atoms with Crippen LogP contribution in [0.2, 0.25) is 0 Å². The topological polar surface area (TPSA) is 63.9 Å². The minimum Gasteiger partial charge on any atom is -0.333 e. The Bertz CT molecular complexity index is 923. The molecular formula is C19H21N5O. The highest BCUT2D eigenvalue weighted by Crippen LogP contribution is 2.31. The van der Waals surface area contributed by atoms with E-state index in [1.54, 1.807) is 12.4 Å². The maximum Gasteiger partial charge on any atom is 0.274 e. The van der Waals surface area contributed by atoms with Crippen LogP contribution in [0.1, 0.15) is 47.8 Å². The number of para-hydroxylation sites is 2. The molecule has 6 heteroatoms. The molecule has 1 aliphatic heterocycles. The third-order valence-corrected chi connectivity index (χ3v) is 4.65. The predicted octanol–water partition coefficient (Wildman–Crippen LogP) is 2.96. The lowest BCUT2D eigenvalue weighted by Crippen LogP contribution is -2.51. The number of likely N-dealkylation sites (tertiary alicyclic amines) is 1. The van der Waals surface area contributed by atoms with Crippen LogP contribution in [0.5, 0.6) is 0 Å². The molecule has 1 aromatic carbocycles. The van der Waals surface area contributed by atoms with Crippen LogP contribution in [-0.2, 0) is 0 Å². The molecule has 1 saturated heterocycles. The molecule has 0 radical (unpaired) electrons. The normalized spacial score (nSPS) is 15.0. The third-order valence-electron chi connectivity index (χ3n) is 4.65. The van der Waals surface area contributed by atoms with Gasteiger partial charge >= 0.3 is 0 Å². The van der Waals surface area contributed by atoms with E-state index >= 15 is 0 Å². The van der Waals surface area contributed by atoms with Gasteiger partial charge in [0, 0.05) is 25.2 Å². The molecular weight excluding hydrogens is 314 g/mol. The lowest BCUT2D eigenvalue weighted by molar-refractivity contribution is 0.0514. The molecule has 0 bridgehead atoms. The molecule has 0 aliphatic carbocycles. The number of fused-ring (bicyclic) bond motifs is 1. The molecule has 3 heterocycles. The fraction of sp³-hybridized carbons (Fsp3) is 0.368. The largest absolute Gasteiger partial charge is 0.333 e. The van der Waals surface area contributed by atoms with Gasteiger partial charge in [-0.2, -0.15) is 0 Å². The number of hydrogen-bond acceptors (Lipinski definition) is 4. The minimum absolute atomic E-state index is 0.0562. The summed E-state index contributed by atoms with van der Waals surface area (Å²) in [6, 6.07) is 8.45. The van der Waals surface area contributed by atoms with Gasteiger partial charge in [-0.05, 0) is 19.1 Å². The van der Waals surface area contributed by atoms with Crippen molar-refractivity contribution in [3.8, 4) is 0 Å². The molecule has 0 atom stereocenters. The van der Waals surface area contributed by atoms with Gasteiger partial charge in [0.05, 0.1) is 29.0 Å². The van der Waals surface area contributed by atoms with Gasteiger partial charge in [0.1, 0.15) is 11.5 Å². The first-order valence-electron chi connectivity index (χ1n) is 8.59. The summed E-state index contributed by atoms with van der Waals surface area (Å²) in [7, 11) is 0. The lowest BCUT2D eigenvalue weighted by atomic mass is 10.1. The zero-order valence-electron chi connectivity index (χ0n) is 14.7. The first-order chi connectivity index (χ1) is 12.0. The van der Waals surface area contributed by atoms with E-state index in [9.17, 15) is 4.79 Å². The van der Waals surface area contributed by atoms with Crippen molar-refractivity contribution in [1.29, 1.82) is 0 Å². The van der Waals surface area contributed by atoms with Crippen molar-refractivity contribution in [1.82, 2.24) is 24.4 Å². The van der Waals surface area contributed by atoms with E-state index in [4.69, 9.17) is 4.98 Å². The van der Waals surface area contributed by atoms with E-state index in [0.29, 0.717) is 24.7 Å². The maximum atomic E-state index is 12.5. The summed E-state index contributed by atoms with van der Waals surface area (Å²) in [4.78, 5) is 27.5. The first kappa shape index (κ1) is 15.7. The summed E-state index contributed by atoms with van der Waals surface area (Å²) < 4.78 is 2.30. The smallest absolute Gasteiger partial charge is 0.274 e. The minimum atomic E-state index is -0.0562. The number of rotatable bonds is 3. The second-order valence-electron chi connectivity index (χ2n) is 6.89. The molecule has 1 aliphatic rings. The standard InChI is InChI=1S/C19H21N5O/c1-12(2)18-22-15-6-4-5-7-17(15)24(18)14-10-23(11-14)19(25)16-9-20-13(3)8-21-16/h4-9,12,14H,10-11H2,1-3H3. The number of hydrogen-bond donors (Lipinski definition) is 0. The van der Waals surface area contributed by atoms with Gasteiger partial charge in [-0.3, -0.25) is 9.78 Å². The van der Waals surface area contributed by atoms with Gasteiger partial charge in [-0.1, -0.05) is 26.0 Å². The maximum absolute atomic E-state index is 12.5. The Labute approximate surface area is 146 Å². The molecule has 0 spiro atoms. The molecule has 4 rings (SSSR count). The Morgan fingerprint density at radius 1 is 1.16 bits per heavy atom. The summed E-state index contributed by atoms with van der Waals surface area (Å²) in [5.74, 6) is 1.35. The molecule has 1 fully saturated rings. The average molecular weight is 335 g/mol. The zero-order chi connectivity index (χ0) is 17.6. The molecule has 6 nitrogen and oxygen atoms in total. The third kappa shape index (κ3) is 2.67. The van der Waals surface area contributed by atoms with Gasteiger partial charge in [-0.15, -0.1) is 0 Å². The van der Waals surface area contributed by atoms with Crippen LogP contribution in [0.3, 0.4) is 0 Å². The summed E-state index contributed by atoms with van der Waals surface area (Å²) in [5.41, 5.74) is 3.37. The van der Waals surface area contributed by atoms with Crippen molar-refractivity contribution < 1.29 is 4.79 Å². The molecule has 3 aromatic rings. The van der Waals surface area contributed by atoms with Gasteiger partial charge in [0.15, 0.2) is 0 Å². The van der Waals surface area contributed by atoms with Crippen molar-refractivity contribution >= 4 is 16.9 Å². The Balaban J connectivity index is 1.58. The van der Waals surface area contributed by atoms with Crippen molar-refractivity contribution in [2.45, 2.75) is 32.7 Å². The van der Waals surface area contributed by atoms with E-state index in [1.807, 2.05) is 30.0 Å². The lowest BCUT2D eigenvalue weighted by Gasteiger charge is -2.40. The SMILES string of the molecule is Cc1cnc(C(=O)N2CC(n3c(C(C)C)nc4ccccc43)C2)cn1. The van der Waals surface area contributed by atoms with Crippen molar-refractivity contribution in [2.24, 2.45) is 0 Å². The molecule has 25 heavy (non-hydrogen) atoms. The average Bonchev–Trinajstić information content (AvgIpc) is 2.94. The number of aryl methyl sites for hydroxylation is 1. The number of amides is 1. The highest BCUT2D eigenvalue weighted by atomic mass is 16.2. The Morgan fingerprint density at radius 3 is 2.60 bits per heavy atom. The van der Waals surface area contributed by atoms with Gasteiger partial charge in [0.25, 0.3) is 5.91 Å². The van der Waals surface area contributed by atoms with Crippen molar-refractivity contribution in [3.05, 3.63) is 53.9 Å². The fourth-order valence-corrected chi connectivity index (χ4v) is 3.30. The van der Waals surface area contributed by atoms with Crippen LogP contribution in [0, 0.1) is 6.92 Å². The van der Waals surface area contributed by atoms with E-state index in [0.717, 1.165) is 22.6 Å². The van der Waals surface area contributed by atoms with Crippen LogP contribution in [0.25, 0.3) is 11.0 Å². The second-order valence-corrected chi connectivity index (χ2v) is 6.89. The van der Waals surface area contributed by atoms with Crippen molar-refractivity contribution in [2.75, 3.05) is 13.1 Å². The van der Waals surface area contributed by atoms with E-state index in [2.05, 4.69) is 34.4 Å². The van der Waals surface area contributed by atoms with E-state index in [1.165, 1.54) is 0 Å². The van der Waals surface area contributed by atoms with Gasteiger partial charge in [-0.25, -0.2) is 9.97 Å². The first-order valence-corrected chi connectivity index (χ1v) is 8.59. The molecule has 2 aromatic heterocycles. The number of aromatic nitrogens is 4. The summed E-state index contributed by atoms with van der Waals surface area (Å²) in [6.45, 7) is 7.52. The Kier molecular flexibility index (Phi) is 3.75. The summed E-state index contributed by atoms with van der Waals surface area (Å²) >= 11 is 0.